The van der Waals surface area contributed by atoms with Gasteiger partial charge in [0.25, 0.3) is 5.82 Å². The summed E-state index contributed by atoms with van der Waals surface area (Å²) in [6, 6.07) is 11.0. The van der Waals surface area contributed by atoms with Gasteiger partial charge in [-0.05, 0) is 31.2 Å². The van der Waals surface area contributed by atoms with Crippen LogP contribution in [0.2, 0.25) is 0 Å². The minimum absolute atomic E-state index is 1.04. The third-order valence-electron chi connectivity index (χ3n) is 7.80. The van der Waals surface area contributed by atoms with Crippen molar-refractivity contribution in [2.45, 2.75) is 162 Å². The van der Waals surface area contributed by atoms with Crippen LogP contribution in [0, 0.1) is 0 Å². The third-order valence-corrected chi connectivity index (χ3v) is 7.80. The minimum Gasteiger partial charge on any atom is -0.234 e. The fraction of sp³-hybridized carbons (Fsp3) is 0.735. The van der Waals surface area contributed by atoms with E-state index in [2.05, 4.69) is 65.7 Å². The SMILES string of the molecule is CCCCCCCCCCCCn1cc[n+](CCCCCCCCCCCC)c1Cc1ccccc1. The zero-order valence-electron chi connectivity index (χ0n) is 24.2. The van der Waals surface area contributed by atoms with Crippen molar-refractivity contribution in [2.24, 2.45) is 0 Å². The Morgan fingerprint density at radius 1 is 0.556 bits per heavy atom. The maximum atomic E-state index is 2.55. The van der Waals surface area contributed by atoms with Crippen molar-refractivity contribution in [3.63, 3.8) is 0 Å². The summed E-state index contributed by atoms with van der Waals surface area (Å²) in [4.78, 5) is 0. The molecule has 0 N–H and O–H groups in total. The second-order valence-corrected chi connectivity index (χ2v) is 11.1. The summed E-state index contributed by atoms with van der Waals surface area (Å²) >= 11 is 0. The van der Waals surface area contributed by atoms with Crippen LogP contribution in [0.5, 0.6) is 0 Å². The molecule has 0 aliphatic carbocycles. The van der Waals surface area contributed by atoms with Crippen LogP contribution in [0.3, 0.4) is 0 Å². The molecule has 204 valence electrons. The maximum Gasteiger partial charge on any atom is 0.260 e. The van der Waals surface area contributed by atoms with Crippen molar-refractivity contribution < 1.29 is 4.57 Å². The summed E-state index contributed by atoms with van der Waals surface area (Å²) < 4.78 is 5.10. The zero-order valence-corrected chi connectivity index (χ0v) is 24.2. The highest BCUT2D eigenvalue weighted by atomic mass is 15.1. The molecule has 1 aromatic heterocycles. The molecule has 0 spiro atoms. The average molecular weight is 496 g/mol. The van der Waals surface area contributed by atoms with Gasteiger partial charge in [0.05, 0.1) is 19.5 Å². The van der Waals surface area contributed by atoms with Gasteiger partial charge >= 0.3 is 0 Å². The van der Waals surface area contributed by atoms with E-state index in [-0.39, 0.29) is 0 Å². The molecule has 0 aliphatic rings. The normalized spacial score (nSPS) is 11.4. The van der Waals surface area contributed by atoms with Crippen LogP contribution in [0.1, 0.15) is 154 Å². The first-order valence-electron chi connectivity index (χ1n) is 16.0. The molecule has 0 bridgehead atoms. The van der Waals surface area contributed by atoms with Crippen LogP contribution in [0.15, 0.2) is 42.7 Å². The highest BCUT2D eigenvalue weighted by Gasteiger charge is 2.17. The number of aromatic nitrogens is 2. The van der Waals surface area contributed by atoms with Crippen LogP contribution < -0.4 is 4.57 Å². The van der Waals surface area contributed by atoms with E-state index in [0.29, 0.717) is 0 Å². The zero-order chi connectivity index (χ0) is 25.5. The monoisotopic (exact) mass is 495 g/mol. The lowest BCUT2D eigenvalue weighted by Crippen LogP contribution is -2.37. The third kappa shape index (κ3) is 14.2. The minimum atomic E-state index is 1.04. The largest absolute Gasteiger partial charge is 0.260 e. The topological polar surface area (TPSA) is 8.81 Å². The fourth-order valence-electron chi connectivity index (χ4n) is 5.43. The summed E-state index contributed by atoms with van der Waals surface area (Å²) in [6.07, 6.45) is 33.8. The van der Waals surface area contributed by atoms with E-state index in [0.717, 1.165) is 6.42 Å². The molecule has 0 radical (unpaired) electrons. The lowest BCUT2D eigenvalue weighted by molar-refractivity contribution is -0.703. The Kier molecular flexibility index (Phi) is 18.3. The number of hydrogen-bond donors (Lipinski definition) is 0. The highest BCUT2D eigenvalue weighted by molar-refractivity contribution is 5.18. The molecule has 0 saturated carbocycles. The van der Waals surface area contributed by atoms with Gasteiger partial charge in [-0.3, -0.25) is 0 Å². The molecule has 2 aromatic rings. The molecule has 0 saturated heterocycles. The molecular weight excluding hydrogens is 436 g/mol. The lowest BCUT2D eigenvalue weighted by Gasteiger charge is -2.07. The van der Waals surface area contributed by atoms with E-state index in [9.17, 15) is 0 Å². The average Bonchev–Trinajstić information content (AvgIpc) is 3.27. The first-order valence-corrected chi connectivity index (χ1v) is 16.0. The molecular formula is C34H59N2+. The Bertz CT molecular complexity index is 691. The van der Waals surface area contributed by atoms with Crippen LogP contribution in [-0.2, 0) is 19.5 Å². The van der Waals surface area contributed by atoms with Gasteiger partial charge in [-0.15, -0.1) is 0 Å². The number of unbranched alkanes of at least 4 members (excludes halogenated alkanes) is 18. The number of benzene rings is 1. The number of aryl methyl sites for hydroxylation is 2. The van der Waals surface area contributed by atoms with Crippen molar-refractivity contribution in [3.8, 4) is 0 Å². The first kappa shape index (κ1) is 30.7. The van der Waals surface area contributed by atoms with Gasteiger partial charge < -0.3 is 0 Å². The van der Waals surface area contributed by atoms with Gasteiger partial charge in [0.15, 0.2) is 0 Å². The van der Waals surface area contributed by atoms with Crippen LogP contribution in [-0.4, -0.2) is 4.57 Å². The smallest absolute Gasteiger partial charge is 0.234 e. The van der Waals surface area contributed by atoms with E-state index in [1.165, 1.54) is 153 Å². The molecule has 0 aliphatic heterocycles. The summed E-state index contributed by atoms with van der Waals surface area (Å²) in [7, 11) is 0. The molecule has 0 fully saturated rings. The van der Waals surface area contributed by atoms with Gasteiger partial charge in [-0.1, -0.05) is 147 Å². The molecule has 36 heavy (non-hydrogen) atoms. The highest BCUT2D eigenvalue weighted by Crippen LogP contribution is 2.14. The molecule has 2 heteroatoms. The quantitative estimate of drug-likeness (QED) is 0.101. The number of rotatable bonds is 24. The molecule has 0 atom stereocenters. The Hall–Kier alpha value is -1.57. The van der Waals surface area contributed by atoms with Gasteiger partial charge in [0.2, 0.25) is 0 Å². The number of nitrogens with zero attached hydrogens (tertiary/aromatic N) is 2. The second-order valence-electron chi connectivity index (χ2n) is 11.1. The van der Waals surface area contributed by atoms with Crippen molar-refractivity contribution >= 4 is 0 Å². The molecule has 2 rings (SSSR count). The summed E-state index contributed by atoms with van der Waals surface area (Å²) in [5, 5.41) is 0. The van der Waals surface area contributed by atoms with Crippen molar-refractivity contribution in [1.29, 1.82) is 0 Å². The van der Waals surface area contributed by atoms with Crippen LogP contribution >= 0.6 is 0 Å². The second kappa shape index (κ2) is 21.5. The summed E-state index contributed by atoms with van der Waals surface area (Å²) in [5.74, 6) is 1.49. The van der Waals surface area contributed by atoms with E-state index in [1.54, 1.807) is 0 Å². The van der Waals surface area contributed by atoms with E-state index >= 15 is 0 Å². The van der Waals surface area contributed by atoms with Gasteiger partial charge in [-0.2, -0.15) is 0 Å². The molecule has 2 nitrogen and oxygen atoms in total. The molecule has 1 heterocycles. The lowest BCUT2D eigenvalue weighted by atomic mass is 10.1. The number of hydrogen-bond acceptors (Lipinski definition) is 0. The first-order chi connectivity index (χ1) is 17.8. The predicted molar refractivity (Wildman–Crippen MR) is 158 cm³/mol. The predicted octanol–water partition coefficient (Wildman–Crippen LogP) is 10.2. The van der Waals surface area contributed by atoms with Crippen LogP contribution in [0.25, 0.3) is 0 Å². The van der Waals surface area contributed by atoms with Crippen LogP contribution in [0.4, 0.5) is 0 Å². The Balaban J connectivity index is 1.70. The van der Waals surface area contributed by atoms with Gasteiger partial charge in [0.1, 0.15) is 12.4 Å². The van der Waals surface area contributed by atoms with Crippen molar-refractivity contribution in [1.82, 2.24) is 4.57 Å². The van der Waals surface area contributed by atoms with Crippen molar-refractivity contribution in [3.05, 3.63) is 54.1 Å². The molecule has 1 aromatic carbocycles. The summed E-state index contributed by atoms with van der Waals surface area (Å²) in [5.41, 5.74) is 1.43. The van der Waals surface area contributed by atoms with E-state index in [4.69, 9.17) is 0 Å². The summed E-state index contributed by atoms with van der Waals surface area (Å²) in [6.45, 7) is 6.94. The maximum absolute atomic E-state index is 2.55. The van der Waals surface area contributed by atoms with Crippen molar-refractivity contribution in [2.75, 3.05) is 0 Å². The molecule has 0 unspecified atom stereocenters. The Labute approximate surface area is 224 Å². The van der Waals surface area contributed by atoms with E-state index < -0.39 is 0 Å². The molecule has 0 amide bonds. The Morgan fingerprint density at radius 3 is 1.56 bits per heavy atom. The Morgan fingerprint density at radius 2 is 1.03 bits per heavy atom. The van der Waals surface area contributed by atoms with Gasteiger partial charge in [-0.25, -0.2) is 9.13 Å². The number of imidazole rings is 1. The van der Waals surface area contributed by atoms with Gasteiger partial charge in [0, 0.05) is 0 Å². The van der Waals surface area contributed by atoms with E-state index in [1.807, 2.05) is 0 Å². The standard InChI is InChI=1S/C34H59N2/c1-3-5-7-9-11-13-15-17-19-24-28-35-30-31-36(34(35)32-33-26-22-21-23-27-33)29-25-20-18-16-14-12-10-8-6-4-2/h21-23,26-27,30-31H,3-20,24-25,28-29,32H2,1-2H3/q+1. The fourth-order valence-corrected chi connectivity index (χ4v) is 5.43.